The summed E-state index contributed by atoms with van der Waals surface area (Å²) in [7, 11) is 1.79. The Morgan fingerprint density at radius 2 is 2.00 bits per heavy atom. The topological polar surface area (TPSA) is 113 Å². The molecule has 1 aromatic carbocycles. The van der Waals surface area contributed by atoms with Crippen LogP contribution in [0, 0.1) is 20.8 Å². The summed E-state index contributed by atoms with van der Waals surface area (Å²) in [5, 5.41) is 15.2. The fourth-order valence-electron chi connectivity index (χ4n) is 3.11. The van der Waals surface area contributed by atoms with Crippen LogP contribution in [0.5, 0.6) is 0 Å². The molecule has 0 atom stereocenters. The molecule has 0 aliphatic carbocycles. The van der Waals surface area contributed by atoms with Crippen LogP contribution in [0.25, 0.3) is 10.2 Å². The van der Waals surface area contributed by atoms with Crippen molar-refractivity contribution in [1.82, 2.24) is 20.2 Å². The molecule has 0 saturated heterocycles. The van der Waals surface area contributed by atoms with Crippen molar-refractivity contribution in [3.8, 4) is 0 Å². The third-order valence-electron chi connectivity index (χ3n) is 4.64. The van der Waals surface area contributed by atoms with Gasteiger partial charge in [0, 0.05) is 12.7 Å². The van der Waals surface area contributed by atoms with Crippen LogP contribution in [0.1, 0.15) is 32.2 Å². The average molecular weight is 473 g/mol. The van der Waals surface area contributed by atoms with Crippen molar-refractivity contribution in [1.29, 1.82) is 0 Å². The number of carbonyl (C=O) groups is 1. The van der Waals surface area contributed by atoms with E-state index in [2.05, 4.69) is 30.8 Å². The lowest BCUT2D eigenvalue weighted by molar-refractivity contribution is 0.103. The van der Waals surface area contributed by atoms with Gasteiger partial charge in [0.15, 0.2) is 4.34 Å². The molecule has 8 nitrogen and oxygen atoms in total. The number of thioether (sulfide) groups is 1. The summed E-state index contributed by atoms with van der Waals surface area (Å²) in [6.45, 7) is 5.74. The SMILES string of the molecule is CNc1nnc(SCc2nc3sc(C(=O)Nc4ccc(C)cc4C)c(C)c3c(=O)[nH]2)s1. The summed E-state index contributed by atoms with van der Waals surface area (Å²) in [6, 6.07) is 5.85. The number of nitrogens with zero attached hydrogens (tertiary/aromatic N) is 3. The van der Waals surface area contributed by atoms with Crippen LogP contribution in [0.2, 0.25) is 0 Å². The van der Waals surface area contributed by atoms with Crippen molar-refractivity contribution in [2.75, 3.05) is 17.7 Å². The maximum atomic E-state index is 12.9. The maximum absolute atomic E-state index is 12.9. The number of aromatic nitrogens is 4. The largest absolute Gasteiger partial charge is 0.363 e. The molecule has 4 aromatic rings. The van der Waals surface area contributed by atoms with Crippen LogP contribution in [0.4, 0.5) is 10.8 Å². The summed E-state index contributed by atoms with van der Waals surface area (Å²) >= 11 is 4.11. The molecule has 31 heavy (non-hydrogen) atoms. The van der Waals surface area contributed by atoms with Crippen LogP contribution < -0.4 is 16.2 Å². The second-order valence-corrected chi connectivity index (χ2v) is 10.1. The highest BCUT2D eigenvalue weighted by Crippen LogP contribution is 2.30. The van der Waals surface area contributed by atoms with E-state index in [1.165, 1.54) is 34.4 Å². The highest BCUT2D eigenvalue weighted by Gasteiger charge is 2.20. The van der Waals surface area contributed by atoms with Gasteiger partial charge in [0.1, 0.15) is 10.7 Å². The standard InChI is InChI=1S/C20H20N6O2S3/c1-9-5-6-12(10(2)7-9)22-17(28)15-11(3)14-16(27)23-13(24-18(14)30-15)8-29-20-26-25-19(21-4)31-20/h5-7H,8H2,1-4H3,(H,21,25)(H,22,28)(H,23,24,27). The number of anilines is 2. The first-order chi connectivity index (χ1) is 14.9. The quantitative estimate of drug-likeness (QED) is 0.358. The molecule has 0 radical (unpaired) electrons. The van der Waals surface area contributed by atoms with Gasteiger partial charge < -0.3 is 15.6 Å². The van der Waals surface area contributed by atoms with Gasteiger partial charge in [-0.15, -0.1) is 21.5 Å². The minimum Gasteiger partial charge on any atom is -0.363 e. The third kappa shape index (κ3) is 4.48. The third-order valence-corrected chi connectivity index (χ3v) is 7.91. The molecule has 160 valence electrons. The minimum absolute atomic E-state index is 0.240. The molecule has 0 aliphatic rings. The molecule has 0 bridgehead atoms. The summed E-state index contributed by atoms with van der Waals surface area (Å²) in [5.74, 6) is 0.743. The van der Waals surface area contributed by atoms with E-state index in [1.54, 1.807) is 14.0 Å². The molecular weight excluding hydrogens is 452 g/mol. The summed E-state index contributed by atoms with van der Waals surface area (Å²) < 4.78 is 0.781. The van der Waals surface area contributed by atoms with Crippen molar-refractivity contribution < 1.29 is 4.79 Å². The number of amides is 1. The number of rotatable bonds is 6. The molecule has 3 aromatic heterocycles. The van der Waals surface area contributed by atoms with E-state index in [-0.39, 0.29) is 11.5 Å². The van der Waals surface area contributed by atoms with Gasteiger partial charge in [0.05, 0.1) is 16.0 Å². The Balaban J connectivity index is 1.59. The molecule has 3 heterocycles. The molecule has 1 amide bonds. The molecule has 11 heteroatoms. The zero-order valence-electron chi connectivity index (χ0n) is 17.3. The first-order valence-corrected chi connectivity index (χ1v) is 12.0. The number of thiophene rings is 1. The second-order valence-electron chi connectivity index (χ2n) is 6.93. The summed E-state index contributed by atoms with van der Waals surface area (Å²) in [5.41, 5.74) is 3.27. The fourth-order valence-corrected chi connectivity index (χ4v) is 5.78. The number of aryl methyl sites for hydroxylation is 3. The van der Waals surface area contributed by atoms with Gasteiger partial charge >= 0.3 is 0 Å². The summed E-state index contributed by atoms with van der Waals surface area (Å²) in [4.78, 5) is 34.1. The van der Waals surface area contributed by atoms with Crippen molar-refractivity contribution >= 4 is 61.4 Å². The first kappa shape index (κ1) is 21.5. The molecular formula is C20H20N6O2S3. The van der Waals surface area contributed by atoms with Gasteiger partial charge in [-0.25, -0.2) is 4.98 Å². The Bertz CT molecular complexity index is 1340. The van der Waals surface area contributed by atoms with E-state index in [4.69, 9.17) is 0 Å². The van der Waals surface area contributed by atoms with E-state index in [1.807, 2.05) is 32.0 Å². The number of hydrogen-bond donors (Lipinski definition) is 3. The number of hydrogen-bond acceptors (Lipinski definition) is 9. The van der Waals surface area contributed by atoms with Crippen LogP contribution in [0.3, 0.4) is 0 Å². The number of H-pyrrole nitrogens is 1. The van der Waals surface area contributed by atoms with Crippen molar-refractivity contribution in [2.24, 2.45) is 0 Å². The lowest BCUT2D eigenvalue weighted by Gasteiger charge is -2.08. The van der Waals surface area contributed by atoms with E-state index < -0.39 is 0 Å². The van der Waals surface area contributed by atoms with Crippen molar-refractivity contribution in [3.63, 3.8) is 0 Å². The fraction of sp³-hybridized carbons (Fsp3) is 0.250. The van der Waals surface area contributed by atoms with Crippen LogP contribution in [0.15, 0.2) is 27.3 Å². The maximum Gasteiger partial charge on any atom is 0.266 e. The van der Waals surface area contributed by atoms with Gasteiger partial charge in [0.25, 0.3) is 11.5 Å². The van der Waals surface area contributed by atoms with Crippen molar-refractivity contribution in [3.05, 3.63) is 55.9 Å². The van der Waals surface area contributed by atoms with Gasteiger partial charge in [-0.05, 0) is 38.0 Å². The predicted molar refractivity (Wildman–Crippen MR) is 128 cm³/mol. The van der Waals surface area contributed by atoms with E-state index >= 15 is 0 Å². The number of aromatic amines is 1. The van der Waals surface area contributed by atoms with E-state index in [0.717, 1.165) is 26.3 Å². The molecule has 4 rings (SSSR count). The van der Waals surface area contributed by atoms with Crippen molar-refractivity contribution in [2.45, 2.75) is 30.9 Å². The number of fused-ring (bicyclic) bond motifs is 1. The lowest BCUT2D eigenvalue weighted by atomic mass is 10.1. The molecule has 0 spiro atoms. The Hall–Kier alpha value is -2.76. The molecule has 0 unspecified atom stereocenters. The molecule has 0 fully saturated rings. The smallest absolute Gasteiger partial charge is 0.266 e. The van der Waals surface area contributed by atoms with Gasteiger partial charge in [-0.1, -0.05) is 40.8 Å². The Labute approximate surface area is 190 Å². The van der Waals surface area contributed by atoms with Crippen LogP contribution >= 0.6 is 34.4 Å². The van der Waals surface area contributed by atoms with Crippen LogP contribution in [-0.2, 0) is 5.75 Å². The second kappa shape index (κ2) is 8.77. The Morgan fingerprint density at radius 3 is 2.71 bits per heavy atom. The number of benzene rings is 1. The van der Waals surface area contributed by atoms with Crippen LogP contribution in [-0.4, -0.2) is 33.1 Å². The first-order valence-electron chi connectivity index (χ1n) is 9.40. The van der Waals surface area contributed by atoms with E-state index in [0.29, 0.717) is 32.2 Å². The normalized spacial score (nSPS) is 11.1. The molecule has 0 saturated carbocycles. The summed E-state index contributed by atoms with van der Waals surface area (Å²) in [6.07, 6.45) is 0. The van der Waals surface area contributed by atoms with Gasteiger partial charge in [0.2, 0.25) is 5.13 Å². The Morgan fingerprint density at radius 1 is 1.19 bits per heavy atom. The number of carbonyl (C=O) groups excluding carboxylic acids is 1. The molecule has 0 aliphatic heterocycles. The monoisotopic (exact) mass is 472 g/mol. The Kier molecular flexibility index (Phi) is 6.08. The number of nitrogens with one attached hydrogen (secondary N) is 3. The zero-order chi connectivity index (χ0) is 22.1. The predicted octanol–water partition coefficient (Wildman–Crippen LogP) is 4.35. The van der Waals surface area contributed by atoms with E-state index in [9.17, 15) is 9.59 Å². The van der Waals surface area contributed by atoms with Gasteiger partial charge in [-0.3, -0.25) is 9.59 Å². The van der Waals surface area contributed by atoms with Gasteiger partial charge in [-0.2, -0.15) is 0 Å². The minimum atomic E-state index is -0.243. The lowest BCUT2D eigenvalue weighted by Crippen LogP contribution is -2.13. The molecule has 3 N–H and O–H groups in total. The highest BCUT2D eigenvalue weighted by atomic mass is 32.2. The zero-order valence-corrected chi connectivity index (χ0v) is 19.8. The highest BCUT2D eigenvalue weighted by molar-refractivity contribution is 8.00. The average Bonchev–Trinajstić information content (AvgIpc) is 3.33.